The summed E-state index contributed by atoms with van der Waals surface area (Å²) in [5.74, 6) is -0.0818. The van der Waals surface area contributed by atoms with E-state index in [9.17, 15) is 13.2 Å². The summed E-state index contributed by atoms with van der Waals surface area (Å²) in [4.78, 5) is 19.6. The molecule has 0 unspecified atom stereocenters. The minimum atomic E-state index is -3.56. The number of carbonyl (C=O) groups is 1. The number of para-hydroxylation sites is 2. The van der Waals surface area contributed by atoms with Crippen LogP contribution in [0.1, 0.15) is 27.9 Å². The number of benzene rings is 3. The van der Waals surface area contributed by atoms with Crippen LogP contribution in [-0.4, -0.2) is 59.3 Å². The van der Waals surface area contributed by atoms with Crippen LogP contribution in [0.2, 0.25) is 0 Å². The molecular weight excluding hydrogens is 460 g/mol. The van der Waals surface area contributed by atoms with E-state index >= 15 is 0 Å². The molecule has 0 radical (unpaired) electrons. The van der Waals surface area contributed by atoms with E-state index in [0.717, 1.165) is 41.5 Å². The van der Waals surface area contributed by atoms with Gasteiger partial charge in [0.05, 0.1) is 15.9 Å². The Labute approximate surface area is 204 Å². The summed E-state index contributed by atoms with van der Waals surface area (Å²) in [6.45, 7) is 1.34. The predicted octanol–water partition coefficient (Wildman–Crippen LogP) is 3.66. The maximum absolute atomic E-state index is 13.2. The van der Waals surface area contributed by atoms with Crippen molar-refractivity contribution in [1.82, 2.24) is 18.8 Å². The maximum Gasteiger partial charge on any atom is 0.253 e. The molecule has 2 aliphatic rings. The third-order valence-corrected chi connectivity index (χ3v) is 8.97. The topological polar surface area (TPSA) is 75.5 Å². The molecule has 1 saturated heterocycles. The number of rotatable bonds is 4. The number of fused-ring (bicyclic) bond motifs is 2. The fourth-order valence-corrected chi connectivity index (χ4v) is 6.57. The lowest BCUT2D eigenvalue weighted by Gasteiger charge is -2.34. The molecular formula is C27H26N4O3S. The van der Waals surface area contributed by atoms with Gasteiger partial charge in [-0.05, 0) is 78.9 Å². The van der Waals surface area contributed by atoms with Gasteiger partial charge in [0, 0.05) is 37.4 Å². The van der Waals surface area contributed by atoms with E-state index in [1.165, 1.54) is 9.87 Å². The largest absolute Gasteiger partial charge is 0.336 e. The number of sulfonamides is 1. The third kappa shape index (κ3) is 3.92. The van der Waals surface area contributed by atoms with Gasteiger partial charge in [0.1, 0.15) is 6.33 Å². The molecule has 1 aliphatic carbocycles. The van der Waals surface area contributed by atoms with Crippen LogP contribution >= 0.6 is 0 Å². The van der Waals surface area contributed by atoms with Crippen LogP contribution in [0.15, 0.2) is 78.0 Å². The minimum absolute atomic E-state index is 0.0818. The van der Waals surface area contributed by atoms with Gasteiger partial charge in [-0.25, -0.2) is 13.4 Å². The average Bonchev–Trinajstić information content (AvgIpc) is 3.55. The summed E-state index contributed by atoms with van der Waals surface area (Å²) in [6.07, 6.45) is 4.83. The van der Waals surface area contributed by atoms with Gasteiger partial charge in [-0.3, -0.25) is 9.36 Å². The molecule has 0 N–H and O–H groups in total. The summed E-state index contributed by atoms with van der Waals surface area (Å²) in [6, 6.07) is 20.9. The lowest BCUT2D eigenvalue weighted by Crippen LogP contribution is -2.50. The lowest BCUT2D eigenvalue weighted by atomic mass is 10.1. The first kappa shape index (κ1) is 22.0. The highest BCUT2D eigenvalue weighted by molar-refractivity contribution is 7.89. The van der Waals surface area contributed by atoms with Crippen molar-refractivity contribution >= 4 is 27.0 Å². The molecule has 2 heterocycles. The van der Waals surface area contributed by atoms with Crippen LogP contribution < -0.4 is 0 Å². The molecule has 1 aromatic heterocycles. The quantitative estimate of drug-likeness (QED) is 0.441. The second kappa shape index (κ2) is 8.62. The summed E-state index contributed by atoms with van der Waals surface area (Å²) in [5, 5.41) is 0. The van der Waals surface area contributed by atoms with Crippen LogP contribution in [0, 0.1) is 0 Å². The highest BCUT2D eigenvalue weighted by atomic mass is 32.2. The highest BCUT2D eigenvalue weighted by Gasteiger charge is 2.31. The van der Waals surface area contributed by atoms with Crippen LogP contribution in [0.5, 0.6) is 0 Å². The third-order valence-electron chi connectivity index (χ3n) is 7.08. The molecule has 1 fully saturated rings. The van der Waals surface area contributed by atoms with Gasteiger partial charge in [-0.15, -0.1) is 0 Å². The van der Waals surface area contributed by atoms with Crippen molar-refractivity contribution in [3.8, 4) is 5.69 Å². The second-order valence-electron chi connectivity index (χ2n) is 9.13. The Morgan fingerprint density at radius 3 is 2.37 bits per heavy atom. The molecule has 8 heteroatoms. The molecule has 0 bridgehead atoms. The van der Waals surface area contributed by atoms with Gasteiger partial charge in [0.2, 0.25) is 10.0 Å². The first-order chi connectivity index (χ1) is 17.0. The van der Waals surface area contributed by atoms with Crippen molar-refractivity contribution < 1.29 is 13.2 Å². The Balaban J connectivity index is 1.13. The molecule has 3 aromatic carbocycles. The molecule has 1 aliphatic heterocycles. The lowest BCUT2D eigenvalue weighted by molar-refractivity contribution is 0.0698. The fraction of sp³-hybridized carbons (Fsp3) is 0.259. The first-order valence-electron chi connectivity index (χ1n) is 11.9. The van der Waals surface area contributed by atoms with Crippen LogP contribution in [0.3, 0.4) is 0 Å². The number of aromatic nitrogens is 2. The minimum Gasteiger partial charge on any atom is -0.336 e. The Bertz CT molecular complexity index is 1520. The molecule has 1 amide bonds. The molecule has 0 spiro atoms. The van der Waals surface area contributed by atoms with E-state index in [2.05, 4.69) is 4.98 Å². The van der Waals surface area contributed by atoms with Gasteiger partial charge in [0.15, 0.2) is 0 Å². The van der Waals surface area contributed by atoms with Gasteiger partial charge >= 0.3 is 0 Å². The van der Waals surface area contributed by atoms with Crippen molar-refractivity contribution in [2.45, 2.75) is 24.2 Å². The van der Waals surface area contributed by atoms with Crippen molar-refractivity contribution in [1.29, 1.82) is 0 Å². The van der Waals surface area contributed by atoms with Gasteiger partial charge in [-0.2, -0.15) is 4.31 Å². The van der Waals surface area contributed by atoms with Gasteiger partial charge < -0.3 is 4.90 Å². The van der Waals surface area contributed by atoms with Crippen molar-refractivity contribution in [2.75, 3.05) is 26.2 Å². The average molecular weight is 487 g/mol. The number of aryl methyl sites for hydroxylation is 2. The number of nitrogens with zero attached hydrogens (tertiary/aromatic N) is 4. The van der Waals surface area contributed by atoms with Crippen LogP contribution in [-0.2, 0) is 22.9 Å². The standard InChI is InChI=1S/C27H26N4O3S/c32-27(21-8-11-23(12-9-21)31-19-28-25-6-1-2-7-26(25)31)29-14-16-30(17-15-29)35(33,34)24-13-10-20-4-3-5-22(20)18-24/h1-2,6-13,18-19H,3-5,14-17H2. The second-order valence-corrected chi connectivity index (χ2v) is 11.1. The Morgan fingerprint density at radius 1 is 0.829 bits per heavy atom. The van der Waals surface area contributed by atoms with E-state index in [1.54, 1.807) is 17.3 Å². The Hall–Kier alpha value is -3.49. The van der Waals surface area contributed by atoms with Crippen molar-refractivity contribution in [2.24, 2.45) is 0 Å². The Kier molecular flexibility index (Phi) is 5.42. The summed E-state index contributed by atoms with van der Waals surface area (Å²) >= 11 is 0. The monoisotopic (exact) mass is 486 g/mol. The van der Waals surface area contributed by atoms with Crippen LogP contribution in [0.25, 0.3) is 16.7 Å². The van der Waals surface area contributed by atoms with Gasteiger partial charge in [0.25, 0.3) is 5.91 Å². The number of piperazine rings is 1. The molecule has 0 atom stereocenters. The molecule has 6 rings (SSSR count). The summed E-state index contributed by atoms with van der Waals surface area (Å²) in [5.41, 5.74) is 5.85. The van der Waals surface area contributed by atoms with E-state index in [0.29, 0.717) is 36.6 Å². The molecule has 7 nitrogen and oxygen atoms in total. The van der Waals surface area contributed by atoms with E-state index in [1.807, 2.05) is 65.2 Å². The number of hydrogen-bond donors (Lipinski definition) is 0. The van der Waals surface area contributed by atoms with Crippen LogP contribution in [0.4, 0.5) is 0 Å². The van der Waals surface area contributed by atoms with E-state index in [-0.39, 0.29) is 5.91 Å². The zero-order valence-corrected chi connectivity index (χ0v) is 20.1. The van der Waals surface area contributed by atoms with Crippen molar-refractivity contribution in [3.05, 3.63) is 89.7 Å². The van der Waals surface area contributed by atoms with Gasteiger partial charge in [-0.1, -0.05) is 18.2 Å². The normalized spacial score (nSPS) is 16.5. The van der Waals surface area contributed by atoms with E-state index < -0.39 is 10.0 Å². The molecule has 178 valence electrons. The highest BCUT2D eigenvalue weighted by Crippen LogP contribution is 2.27. The fourth-order valence-electron chi connectivity index (χ4n) is 5.10. The maximum atomic E-state index is 13.2. The SMILES string of the molecule is O=C(c1ccc(-n2cnc3ccccc32)cc1)N1CCN(S(=O)(=O)c2ccc3c(c2)CCC3)CC1. The molecule has 35 heavy (non-hydrogen) atoms. The Morgan fingerprint density at radius 2 is 1.57 bits per heavy atom. The number of amides is 1. The zero-order chi connectivity index (χ0) is 24.0. The number of carbonyl (C=O) groups excluding carboxylic acids is 1. The van der Waals surface area contributed by atoms with Crippen molar-refractivity contribution in [3.63, 3.8) is 0 Å². The molecule has 0 saturated carbocycles. The summed E-state index contributed by atoms with van der Waals surface area (Å²) in [7, 11) is -3.56. The molecule has 4 aromatic rings. The number of hydrogen-bond acceptors (Lipinski definition) is 4. The number of imidazole rings is 1. The predicted molar refractivity (Wildman–Crippen MR) is 134 cm³/mol. The summed E-state index contributed by atoms with van der Waals surface area (Å²) < 4.78 is 29.9. The zero-order valence-electron chi connectivity index (χ0n) is 19.3. The van der Waals surface area contributed by atoms with E-state index in [4.69, 9.17) is 0 Å². The smallest absolute Gasteiger partial charge is 0.253 e. The first-order valence-corrected chi connectivity index (χ1v) is 13.4.